The van der Waals surface area contributed by atoms with Gasteiger partial charge in [0.1, 0.15) is 5.01 Å². The lowest BCUT2D eigenvalue weighted by Crippen LogP contribution is -2.05. The zero-order chi connectivity index (χ0) is 9.10. The maximum absolute atomic E-state index is 5.53. The summed E-state index contributed by atoms with van der Waals surface area (Å²) in [5.41, 5.74) is 0. The summed E-state index contributed by atoms with van der Waals surface area (Å²) in [6, 6.07) is 0. The first kappa shape index (κ1) is 9.55. The summed E-state index contributed by atoms with van der Waals surface area (Å²) in [5, 5.41) is 9.05. The summed E-state index contributed by atoms with van der Waals surface area (Å²) in [6.07, 6.45) is 4.96. The van der Waals surface area contributed by atoms with Crippen LogP contribution in [-0.4, -0.2) is 22.9 Å². The van der Waals surface area contributed by atoms with Crippen LogP contribution in [0.25, 0.3) is 0 Å². The molecule has 0 bridgehead atoms. The van der Waals surface area contributed by atoms with Gasteiger partial charge in [-0.1, -0.05) is 11.3 Å². The van der Waals surface area contributed by atoms with Crippen molar-refractivity contribution in [2.24, 2.45) is 0 Å². The molecule has 13 heavy (non-hydrogen) atoms. The molecule has 1 aliphatic heterocycles. The van der Waals surface area contributed by atoms with Crippen LogP contribution in [0.15, 0.2) is 3.92 Å². The minimum Gasteiger partial charge on any atom is -0.378 e. The average molecular weight is 263 g/mol. The molecule has 2 heterocycles. The van der Waals surface area contributed by atoms with E-state index in [9.17, 15) is 0 Å². The molecule has 0 N–H and O–H groups in total. The van der Waals surface area contributed by atoms with Gasteiger partial charge in [0.25, 0.3) is 0 Å². The van der Waals surface area contributed by atoms with Crippen LogP contribution in [0, 0.1) is 0 Å². The molecular formula is C8H11BrN2OS. The Morgan fingerprint density at radius 1 is 1.54 bits per heavy atom. The summed E-state index contributed by atoms with van der Waals surface area (Å²) in [4.78, 5) is 0. The molecule has 0 radical (unpaired) electrons. The largest absolute Gasteiger partial charge is 0.378 e. The minimum atomic E-state index is 0.461. The summed E-state index contributed by atoms with van der Waals surface area (Å²) in [7, 11) is 0. The van der Waals surface area contributed by atoms with Gasteiger partial charge in [-0.2, -0.15) is 0 Å². The fourth-order valence-electron chi connectivity index (χ4n) is 1.49. The Bertz CT molecular complexity index is 273. The van der Waals surface area contributed by atoms with E-state index in [2.05, 4.69) is 26.1 Å². The molecule has 0 aliphatic carbocycles. The number of ether oxygens (including phenoxy) is 1. The third kappa shape index (κ3) is 2.72. The van der Waals surface area contributed by atoms with Crippen LogP contribution in [0.5, 0.6) is 0 Å². The van der Waals surface area contributed by atoms with E-state index in [1.165, 1.54) is 12.8 Å². The lowest BCUT2D eigenvalue weighted by Gasteiger charge is -2.05. The highest BCUT2D eigenvalue weighted by Gasteiger charge is 2.15. The summed E-state index contributed by atoms with van der Waals surface area (Å²) < 4.78 is 6.40. The van der Waals surface area contributed by atoms with Crippen LogP contribution in [0.2, 0.25) is 0 Å². The molecule has 1 aromatic rings. The highest BCUT2D eigenvalue weighted by atomic mass is 79.9. The van der Waals surface area contributed by atoms with Crippen LogP contribution in [0.4, 0.5) is 0 Å². The number of hydrogen-bond donors (Lipinski definition) is 0. The molecule has 5 heteroatoms. The Balaban J connectivity index is 1.78. The molecule has 1 fully saturated rings. The van der Waals surface area contributed by atoms with Crippen LogP contribution in [0.3, 0.4) is 0 Å². The average Bonchev–Trinajstić information content (AvgIpc) is 2.71. The van der Waals surface area contributed by atoms with Crippen molar-refractivity contribution >= 4 is 27.3 Å². The smallest absolute Gasteiger partial charge is 0.183 e. The Labute approximate surface area is 89.6 Å². The van der Waals surface area contributed by atoms with E-state index in [-0.39, 0.29) is 0 Å². The fourth-order valence-corrected chi connectivity index (χ4v) is 2.71. The van der Waals surface area contributed by atoms with Gasteiger partial charge in [0.2, 0.25) is 0 Å². The molecule has 0 spiro atoms. The third-order valence-corrected chi connectivity index (χ3v) is 3.56. The van der Waals surface area contributed by atoms with Crippen LogP contribution in [-0.2, 0) is 11.2 Å². The summed E-state index contributed by atoms with van der Waals surface area (Å²) in [5.74, 6) is 0. The van der Waals surface area contributed by atoms with E-state index in [0.29, 0.717) is 6.10 Å². The fraction of sp³-hybridized carbons (Fsp3) is 0.750. The molecule has 0 aromatic carbocycles. The molecule has 1 atom stereocenters. The van der Waals surface area contributed by atoms with Gasteiger partial charge in [-0.05, 0) is 35.2 Å². The number of aryl methyl sites for hydroxylation is 1. The van der Waals surface area contributed by atoms with Crippen molar-refractivity contribution < 1.29 is 4.74 Å². The number of halogens is 1. The lowest BCUT2D eigenvalue weighted by atomic mass is 10.1. The van der Waals surface area contributed by atoms with Gasteiger partial charge in [0.05, 0.1) is 6.10 Å². The Hall–Kier alpha value is -0.0000000000000000555. The van der Waals surface area contributed by atoms with Crippen LogP contribution in [0.1, 0.15) is 24.3 Å². The summed E-state index contributed by atoms with van der Waals surface area (Å²) >= 11 is 4.91. The molecule has 1 saturated heterocycles. The maximum Gasteiger partial charge on any atom is 0.183 e. The number of rotatable bonds is 3. The number of hydrogen-bond acceptors (Lipinski definition) is 4. The Morgan fingerprint density at radius 3 is 3.08 bits per heavy atom. The molecule has 0 saturated carbocycles. The van der Waals surface area contributed by atoms with E-state index in [1.807, 2.05) is 0 Å². The molecule has 1 unspecified atom stereocenters. The Morgan fingerprint density at radius 2 is 2.46 bits per heavy atom. The van der Waals surface area contributed by atoms with Gasteiger partial charge >= 0.3 is 0 Å². The van der Waals surface area contributed by atoms with Crippen molar-refractivity contribution in [3.8, 4) is 0 Å². The van der Waals surface area contributed by atoms with E-state index in [1.54, 1.807) is 11.3 Å². The molecular weight excluding hydrogens is 252 g/mol. The quantitative estimate of drug-likeness (QED) is 0.840. The highest BCUT2D eigenvalue weighted by Crippen LogP contribution is 2.21. The second-order valence-corrected chi connectivity index (χ2v) is 5.46. The highest BCUT2D eigenvalue weighted by molar-refractivity contribution is 9.11. The SMILES string of the molecule is Brc1nnc(CCC2CCCO2)s1. The standard InChI is InChI=1S/C8H11BrN2OS/c9-8-11-10-7(13-8)4-3-6-2-1-5-12-6/h6H,1-5H2. The van der Waals surface area contributed by atoms with E-state index in [4.69, 9.17) is 4.74 Å². The Kier molecular flexibility index (Phi) is 3.29. The van der Waals surface area contributed by atoms with E-state index in [0.717, 1.165) is 28.4 Å². The van der Waals surface area contributed by atoms with Crippen molar-refractivity contribution in [1.82, 2.24) is 10.2 Å². The second kappa shape index (κ2) is 4.48. The zero-order valence-corrected chi connectivity index (χ0v) is 9.60. The van der Waals surface area contributed by atoms with Gasteiger partial charge in [0, 0.05) is 13.0 Å². The first-order chi connectivity index (χ1) is 6.34. The van der Waals surface area contributed by atoms with Crippen LogP contribution >= 0.6 is 27.3 Å². The van der Waals surface area contributed by atoms with E-state index >= 15 is 0 Å². The molecule has 2 rings (SSSR count). The van der Waals surface area contributed by atoms with Crippen molar-refractivity contribution in [3.63, 3.8) is 0 Å². The first-order valence-corrected chi connectivity index (χ1v) is 6.05. The lowest BCUT2D eigenvalue weighted by molar-refractivity contribution is 0.104. The normalized spacial score (nSPS) is 22.4. The van der Waals surface area contributed by atoms with Crippen molar-refractivity contribution in [3.05, 3.63) is 8.92 Å². The van der Waals surface area contributed by atoms with Gasteiger partial charge in [-0.15, -0.1) is 10.2 Å². The first-order valence-electron chi connectivity index (χ1n) is 4.44. The topological polar surface area (TPSA) is 35.0 Å². The summed E-state index contributed by atoms with van der Waals surface area (Å²) in [6.45, 7) is 0.935. The van der Waals surface area contributed by atoms with Gasteiger partial charge in [-0.25, -0.2) is 0 Å². The maximum atomic E-state index is 5.53. The van der Waals surface area contributed by atoms with Gasteiger partial charge < -0.3 is 4.74 Å². The molecule has 3 nitrogen and oxygen atoms in total. The van der Waals surface area contributed by atoms with Crippen molar-refractivity contribution in [1.29, 1.82) is 0 Å². The van der Waals surface area contributed by atoms with Crippen molar-refractivity contribution in [2.45, 2.75) is 31.8 Å². The molecule has 1 aliphatic rings. The second-order valence-electron chi connectivity index (χ2n) is 3.12. The van der Waals surface area contributed by atoms with Crippen molar-refractivity contribution in [2.75, 3.05) is 6.61 Å². The van der Waals surface area contributed by atoms with Gasteiger partial charge in [0.15, 0.2) is 3.92 Å². The predicted octanol–water partition coefficient (Wildman–Crippen LogP) is 2.41. The zero-order valence-electron chi connectivity index (χ0n) is 7.20. The molecule has 1 aromatic heterocycles. The van der Waals surface area contributed by atoms with E-state index < -0.39 is 0 Å². The van der Waals surface area contributed by atoms with Crippen LogP contribution < -0.4 is 0 Å². The minimum absolute atomic E-state index is 0.461. The third-order valence-electron chi connectivity index (χ3n) is 2.15. The number of nitrogens with zero attached hydrogens (tertiary/aromatic N) is 2. The predicted molar refractivity (Wildman–Crippen MR) is 54.9 cm³/mol. The monoisotopic (exact) mass is 262 g/mol. The van der Waals surface area contributed by atoms with Gasteiger partial charge in [-0.3, -0.25) is 0 Å². The molecule has 0 amide bonds. The molecule has 72 valence electrons. The number of aromatic nitrogens is 2.